The molecule has 2 aromatic carbocycles. The maximum Gasteiger partial charge on any atom is 0.311 e. The Morgan fingerprint density at radius 1 is 1.03 bits per heavy atom. The number of aromatic amines is 1. The molecule has 9 heteroatoms. The molecule has 1 saturated carbocycles. The molecule has 9 nitrogen and oxygen atoms in total. The number of rotatable bonds is 10. The van der Waals surface area contributed by atoms with E-state index in [9.17, 15) is 14.7 Å². The van der Waals surface area contributed by atoms with Gasteiger partial charge in [-0.05, 0) is 54.7 Å². The summed E-state index contributed by atoms with van der Waals surface area (Å²) < 4.78 is 0. The number of aliphatic carboxylic acids is 1. The van der Waals surface area contributed by atoms with Gasteiger partial charge in [-0.1, -0.05) is 50.2 Å². The average molecular weight is 499 g/mol. The Balaban J connectivity index is 1.38. The highest BCUT2D eigenvalue weighted by Gasteiger charge is 2.41. The van der Waals surface area contributed by atoms with Gasteiger partial charge in [0.05, 0.1) is 16.6 Å². The first-order valence-corrected chi connectivity index (χ1v) is 12.7. The molecule has 2 aromatic heterocycles. The summed E-state index contributed by atoms with van der Waals surface area (Å²) in [6.45, 7) is 4.38. The van der Waals surface area contributed by atoms with Gasteiger partial charge in [0, 0.05) is 35.5 Å². The van der Waals surface area contributed by atoms with E-state index in [1.54, 1.807) is 4.90 Å². The lowest BCUT2D eigenvalue weighted by Crippen LogP contribution is -2.45. The van der Waals surface area contributed by atoms with Crippen molar-refractivity contribution < 1.29 is 14.7 Å². The first-order valence-electron chi connectivity index (χ1n) is 12.7. The molecule has 0 saturated heterocycles. The summed E-state index contributed by atoms with van der Waals surface area (Å²) in [5, 5.41) is 25.0. The van der Waals surface area contributed by atoms with Gasteiger partial charge in [-0.15, -0.1) is 10.2 Å². The molecule has 190 valence electrons. The van der Waals surface area contributed by atoms with Gasteiger partial charge >= 0.3 is 5.97 Å². The van der Waals surface area contributed by atoms with E-state index in [-0.39, 0.29) is 18.4 Å². The highest BCUT2D eigenvalue weighted by atomic mass is 16.4. The molecule has 1 aliphatic carbocycles. The normalized spacial score (nSPS) is 13.6. The van der Waals surface area contributed by atoms with Crippen LogP contribution in [-0.4, -0.2) is 54.0 Å². The van der Waals surface area contributed by atoms with Gasteiger partial charge < -0.3 is 10.0 Å². The molecule has 5 rings (SSSR count). The Morgan fingerprint density at radius 3 is 2.38 bits per heavy atom. The highest BCUT2D eigenvalue weighted by Crippen LogP contribution is 2.35. The molecule has 0 atom stereocenters. The molecule has 37 heavy (non-hydrogen) atoms. The second-order valence-electron chi connectivity index (χ2n) is 9.80. The molecule has 0 aliphatic heterocycles. The van der Waals surface area contributed by atoms with Crippen molar-refractivity contribution in [3.8, 4) is 22.6 Å². The summed E-state index contributed by atoms with van der Waals surface area (Å²) in [7, 11) is 0. The summed E-state index contributed by atoms with van der Waals surface area (Å²) >= 11 is 0. The Hall–Kier alpha value is -4.14. The van der Waals surface area contributed by atoms with Gasteiger partial charge in [0.2, 0.25) is 11.7 Å². The predicted octanol–water partition coefficient (Wildman–Crippen LogP) is 4.71. The molecule has 4 aromatic rings. The molecule has 0 bridgehead atoms. The molecular weight excluding hydrogens is 468 g/mol. The van der Waals surface area contributed by atoms with Gasteiger partial charge in [0.25, 0.3) is 0 Å². The van der Waals surface area contributed by atoms with Crippen molar-refractivity contribution in [2.75, 3.05) is 6.54 Å². The smallest absolute Gasteiger partial charge is 0.311 e. The van der Waals surface area contributed by atoms with Crippen LogP contribution in [0.2, 0.25) is 0 Å². The molecule has 1 amide bonds. The highest BCUT2D eigenvalue weighted by molar-refractivity contribution is 5.84. The number of nitrogens with one attached hydrogen (secondary N) is 1. The van der Waals surface area contributed by atoms with Crippen molar-refractivity contribution in [2.24, 2.45) is 11.3 Å². The fourth-order valence-corrected chi connectivity index (χ4v) is 4.74. The van der Waals surface area contributed by atoms with E-state index in [0.29, 0.717) is 25.2 Å². The lowest BCUT2D eigenvalue weighted by Gasteiger charge is -2.34. The molecule has 2 heterocycles. The number of amides is 1. The quantitative estimate of drug-likeness (QED) is 0.324. The number of hydrogen-bond acceptors (Lipinski definition) is 6. The minimum Gasteiger partial charge on any atom is -0.481 e. The third-order valence-corrected chi connectivity index (χ3v) is 7.45. The van der Waals surface area contributed by atoms with Gasteiger partial charge in [0.15, 0.2) is 0 Å². The zero-order valence-corrected chi connectivity index (χ0v) is 21.0. The number of carboxylic acid groups (broad SMARTS) is 1. The van der Waals surface area contributed by atoms with Crippen molar-refractivity contribution in [3.05, 3.63) is 60.2 Å². The summed E-state index contributed by atoms with van der Waals surface area (Å²) in [6.07, 6.45) is 2.73. The van der Waals surface area contributed by atoms with E-state index in [1.165, 1.54) is 0 Å². The van der Waals surface area contributed by atoms with Crippen LogP contribution in [0.25, 0.3) is 33.5 Å². The van der Waals surface area contributed by atoms with Gasteiger partial charge in [-0.25, -0.2) is 4.98 Å². The number of aromatic nitrogens is 5. The number of carbonyl (C=O) groups is 2. The molecule has 1 aliphatic rings. The minimum absolute atomic E-state index is 0.0244. The van der Waals surface area contributed by atoms with Crippen LogP contribution >= 0.6 is 0 Å². The SMILES string of the molecule is CCC(CC)(CN(Cc1ccc2nc(-c3ccc(-c4nn[nH]n4)cc3)ccc2c1)C(=O)C1CC1)C(=O)O. The van der Waals surface area contributed by atoms with Crippen molar-refractivity contribution in [2.45, 2.75) is 46.1 Å². The topological polar surface area (TPSA) is 125 Å². The molecule has 0 radical (unpaired) electrons. The summed E-state index contributed by atoms with van der Waals surface area (Å²) in [5.41, 5.74) is 3.58. The zero-order chi connectivity index (χ0) is 26.0. The summed E-state index contributed by atoms with van der Waals surface area (Å²) in [5.74, 6) is -0.216. The first kappa shape index (κ1) is 24.5. The van der Waals surface area contributed by atoms with Crippen molar-refractivity contribution in [1.82, 2.24) is 30.5 Å². The maximum absolute atomic E-state index is 13.1. The van der Waals surface area contributed by atoms with Gasteiger partial charge in [0.1, 0.15) is 0 Å². The molecule has 2 N–H and O–H groups in total. The summed E-state index contributed by atoms with van der Waals surface area (Å²) in [6, 6.07) is 17.8. The van der Waals surface area contributed by atoms with E-state index >= 15 is 0 Å². The Bertz CT molecular complexity index is 1410. The molecule has 1 fully saturated rings. The van der Waals surface area contributed by atoms with Gasteiger partial charge in [-0.2, -0.15) is 5.21 Å². The van der Waals surface area contributed by atoms with Crippen LogP contribution in [0, 0.1) is 11.3 Å². The van der Waals surface area contributed by atoms with E-state index in [1.807, 2.05) is 68.4 Å². The van der Waals surface area contributed by atoms with Crippen molar-refractivity contribution in [3.63, 3.8) is 0 Å². The number of benzene rings is 2. The Morgan fingerprint density at radius 2 is 1.76 bits per heavy atom. The van der Waals surface area contributed by atoms with Crippen LogP contribution in [0.5, 0.6) is 0 Å². The standard InChI is InChI=1S/C28H30N6O3/c1-3-28(4-2,27(36)37)17-34(26(35)21-10-11-21)16-18-5-13-24-22(15-18)12-14-23(29-24)19-6-8-20(9-7-19)25-30-32-33-31-25/h5-9,12-15,21H,3-4,10-11,16-17H2,1-2H3,(H,36,37)(H,30,31,32,33). The lowest BCUT2D eigenvalue weighted by molar-refractivity contribution is -0.152. The first-order chi connectivity index (χ1) is 17.9. The van der Waals surface area contributed by atoms with Crippen LogP contribution in [0.3, 0.4) is 0 Å². The predicted molar refractivity (Wildman–Crippen MR) is 139 cm³/mol. The second-order valence-corrected chi connectivity index (χ2v) is 9.80. The average Bonchev–Trinajstić information content (AvgIpc) is 3.63. The Kier molecular flexibility index (Phi) is 6.69. The van der Waals surface area contributed by atoms with Crippen LogP contribution in [0.4, 0.5) is 0 Å². The number of fused-ring (bicyclic) bond motifs is 1. The largest absolute Gasteiger partial charge is 0.481 e. The fraction of sp³-hybridized carbons (Fsp3) is 0.357. The zero-order valence-electron chi connectivity index (χ0n) is 21.0. The van der Waals surface area contributed by atoms with Crippen LogP contribution < -0.4 is 0 Å². The van der Waals surface area contributed by atoms with E-state index in [4.69, 9.17) is 4.98 Å². The molecule has 0 unspecified atom stereocenters. The van der Waals surface area contributed by atoms with E-state index < -0.39 is 11.4 Å². The second kappa shape index (κ2) is 10.1. The maximum atomic E-state index is 13.1. The van der Waals surface area contributed by atoms with E-state index in [0.717, 1.165) is 46.1 Å². The Labute approximate surface area is 214 Å². The number of carbonyl (C=O) groups excluding carboxylic acids is 1. The number of tetrazole rings is 1. The monoisotopic (exact) mass is 498 g/mol. The van der Waals surface area contributed by atoms with Crippen LogP contribution in [0.1, 0.15) is 45.1 Å². The molecular formula is C28H30N6O3. The minimum atomic E-state index is -0.933. The fourth-order valence-electron chi connectivity index (χ4n) is 4.74. The third kappa shape index (κ3) is 5.07. The number of H-pyrrole nitrogens is 1. The number of carboxylic acids is 1. The third-order valence-electron chi connectivity index (χ3n) is 7.45. The number of hydrogen-bond donors (Lipinski definition) is 2. The number of nitrogens with zero attached hydrogens (tertiary/aromatic N) is 5. The molecule has 0 spiro atoms. The van der Waals surface area contributed by atoms with Crippen molar-refractivity contribution >= 4 is 22.8 Å². The lowest BCUT2D eigenvalue weighted by atomic mass is 9.81. The summed E-state index contributed by atoms with van der Waals surface area (Å²) in [4.78, 5) is 31.8. The van der Waals surface area contributed by atoms with Crippen LogP contribution in [0.15, 0.2) is 54.6 Å². The van der Waals surface area contributed by atoms with Crippen LogP contribution in [-0.2, 0) is 16.1 Å². The van der Waals surface area contributed by atoms with E-state index in [2.05, 4.69) is 20.6 Å². The van der Waals surface area contributed by atoms with Crippen molar-refractivity contribution in [1.29, 1.82) is 0 Å². The number of pyridine rings is 1. The van der Waals surface area contributed by atoms with Gasteiger partial charge in [-0.3, -0.25) is 9.59 Å².